The summed E-state index contributed by atoms with van der Waals surface area (Å²) in [4.78, 5) is 19.2. The molecular weight excluding hydrogens is 365 g/mol. The Hall–Kier alpha value is -2.21. The zero-order valence-corrected chi connectivity index (χ0v) is 15.5. The number of benzene rings is 1. The highest BCUT2D eigenvalue weighted by molar-refractivity contribution is 5.96. The van der Waals surface area contributed by atoms with Crippen LogP contribution in [0.2, 0.25) is 0 Å². The topological polar surface area (TPSA) is 33.2 Å². The molecular formula is C22H23F3N2O. The summed E-state index contributed by atoms with van der Waals surface area (Å²) in [5.74, 6) is -0.281. The molecule has 6 heteroatoms. The summed E-state index contributed by atoms with van der Waals surface area (Å²) in [5, 5.41) is 0. The molecule has 2 fully saturated rings. The maximum absolute atomic E-state index is 12.9. The summed E-state index contributed by atoms with van der Waals surface area (Å²) in [6.07, 6.45) is 1.13. The van der Waals surface area contributed by atoms with Crippen LogP contribution in [0.3, 0.4) is 0 Å². The van der Waals surface area contributed by atoms with Crippen molar-refractivity contribution in [2.24, 2.45) is 5.92 Å². The van der Waals surface area contributed by atoms with Gasteiger partial charge in [-0.25, -0.2) is 0 Å². The van der Waals surface area contributed by atoms with E-state index in [2.05, 4.69) is 22.0 Å². The number of halogens is 3. The summed E-state index contributed by atoms with van der Waals surface area (Å²) in [7, 11) is 0. The van der Waals surface area contributed by atoms with Gasteiger partial charge in [0.1, 0.15) is 5.69 Å². The number of piperidine rings is 2. The largest absolute Gasteiger partial charge is 0.417 e. The van der Waals surface area contributed by atoms with E-state index in [9.17, 15) is 18.0 Å². The average Bonchev–Trinajstić information content (AvgIpc) is 2.67. The van der Waals surface area contributed by atoms with Crippen LogP contribution in [0.25, 0.3) is 0 Å². The standard InChI is InChI=1S/C22H23F3N2O/c23-22(24,25)17-9-10-20(26-13-17)21(28)16-11-18-7-4-8-19(12-16)27(18)14-15-5-2-1-3-6-15/h1-3,5-6,9-10,13,16,18-19H,4,7-8,11-12,14H2. The molecule has 2 atom stereocenters. The molecule has 0 radical (unpaired) electrons. The number of hydrogen-bond acceptors (Lipinski definition) is 3. The van der Waals surface area contributed by atoms with Crippen LogP contribution in [0.5, 0.6) is 0 Å². The van der Waals surface area contributed by atoms with E-state index in [1.54, 1.807) is 0 Å². The lowest BCUT2D eigenvalue weighted by molar-refractivity contribution is -0.137. The van der Waals surface area contributed by atoms with Crippen LogP contribution in [0, 0.1) is 5.92 Å². The van der Waals surface area contributed by atoms with Crippen molar-refractivity contribution >= 4 is 5.78 Å². The minimum absolute atomic E-state index is 0.120. The molecule has 28 heavy (non-hydrogen) atoms. The molecule has 2 saturated heterocycles. The number of alkyl halides is 3. The molecule has 148 valence electrons. The van der Waals surface area contributed by atoms with Gasteiger partial charge in [0.2, 0.25) is 0 Å². The van der Waals surface area contributed by atoms with E-state index < -0.39 is 11.7 Å². The van der Waals surface area contributed by atoms with Crippen LogP contribution in [0.1, 0.15) is 53.7 Å². The molecule has 1 aromatic heterocycles. The zero-order chi connectivity index (χ0) is 19.7. The number of ketones is 1. The van der Waals surface area contributed by atoms with E-state index in [-0.39, 0.29) is 17.4 Å². The van der Waals surface area contributed by atoms with Crippen LogP contribution < -0.4 is 0 Å². The zero-order valence-electron chi connectivity index (χ0n) is 15.5. The molecule has 0 saturated carbocycles. The van der Waals surface area contributed by atoms with Crippen molar-refractivity contribution < 1.29 is 18.0 Å². The number of nitrogens with zero attached hydrogens (tertiary/aromatic N) is 2. The monoisotopic (exact) mass is 388 g/mol. The third-order valence-electron chi connectivity index (χ3n) is 6.05. The molecule has 2 unspecified atom stereocenters. The van der Waals surface area contributed by atoms with Gasteiger partial charge >= 0.3 is 6.18 Å². The van der Waals surface area contributed by atoms with Crippen LogP contribution in [-0.2, 0) is 12.7 Å². The smallest absolute Gasteiger partial charge is 0.293 e. The Morgan fingerprint density at radius 3 is 2.29 bits per heavy atom. The fourth-order valence-corrected chi connectivity index (χ4v) is 4.66. The highest BCUT2D eigenvalue weighted by atomic mass is 19.4. The first-order valence-corrected chi connectivity index (χ1v) is 9.79. The molecule has 0 spiro atoms. The van der Waals surface area contributed by atoms with E-state index in [1.165, 1.54) is 18.1 Å². The Labute approximate surface area is 162 Å². The molecule has 2 aliphatic rings. The van der Waals surface area contributed by atoms with Crippen LogP contribution in [0.4, 0.5) is 13.2 Å². The Morgan fingerprint density at radius 2 is 1.71 bits per heavy atom. The minimum atomic E-state index is -4.44. The van der Waals surface area contributed by atoms with E-state index >= 15 is 0 Å². The lowest BCUT2D eigenvalue weighted by Crippen LogP contribution is -2.52. The van der Waals surface area contributed by atoms with Crippen LogP contribution in [0.15, 0.2) is 48.7 Å². The predicted molar refractivity (Wildman–Crippen MR) is 99.7 cm³/mol. The van der Waals surface area contributed by atoms with Gasteiger partial charge < -0.3 is 0 Å². The van der Waals surface area contributed by atoms with E-state index in [1.807, 2.05) is 18.2 Å². The third-order valence-corrected chi connectivity index (χ3v) is 6.05. The number of rotatable bonds is 4. The summed E-state index contributed by atoms with van der Waals surface area (Å²) in [6.45, 7) is 0.885. The van der Waals surface area contributed by atoms with E-state index in [0.717, 1.165) is 44.5 Å². The van der Waals surface area contributed by atoms with Gasteiger partial charge in [-0.2, -0.15) is 13.2 Å². The summed E-state index contributed by atoms with van der Waals surface area (Å²) in [6, 6.07) is 13.2. The SMILES string of the molecule is O=C(c1ccc(C(F)(F)F)cn1)C1CC2CCCC(C1)N2Cc1ccccc1. The maximum Gasteiger partial charge on any atom is 0.417 e. The number of carbonyl (C=O) groups excluding carboxylic acids is 1. The van der Waals surface area contributed by atoms with Gasteiger partial charge in [0.05, 0.1) is 5.56 Å². The van der Waals surface area contributed by atoms with Crippen molar-refractivity contribution in [3.8, 4) is 0 Å². The Kier molecular flexibility index (Phi) is 5.23. The first-order chi connectivity index (χ1) is 13.4. The van der Waals surface area contributed by atoms with Gasteiger partial charge in [0.25, 0.3) is 0 Å². The molecule has 0 N–H and O–H groups in total. The van der Waals surface area contributed by atoms with Crippen LogP contribution >= 0.6 is 0 Å². The highest BCUT2D eigenvalue weighted by Gasteiger charge is 2.41. The maximum atomic E-state index is 12.9. The summed E-state index contributed by atoms with van der Waals surface area (Å²) < 4.78 is 38.2. The Balaban J connectivity index is 1.47. The van der Waals surface area contributed by atoms with E-state index in [4.69, 9.17) is 0 Å². The van der Waals surface area contributed by atoms with E-state index in [0.29, 0.717) is 12.1 Å². The van der Waals surface area contributed by atoms with Gasteiger partial charge in [0, 0.05) is 30.7 Å². The second kappa shape index (κ2) is 7.66. The fourth-order valence-electron chi connectivity index (χ4n) is 4.66. The number of hydrogen-bond donors (Lipinski definition) is 0. The van der Waals surface area contributed by atoms with Gasteiger partial charge in [0.15, 0.2) is 5.78 Å². The molecule has 0 amide bonds. The number of carbonyl (C=O) groups is 1. The molecule has 2 bridgehead atoms. The fraction of sp³-hybridized carbons (Fsp3) is 0.455. The summed E-state index contributed by atoms with van der Waals surface area (Å²) >= 11 is 0. The van der Waals surface area contributed by atoms with Gasteiger partial charge in [-0.15, -0.1) is 0 Å². The Bertz CT molecular complexity index is 806. The molecule has 0 aliphatic carbocycles. The van der Waals surface area contributed by atoms with Crippen molar-refractivity contribution in [3.05, 3.63) is 65.5 Å². The van der Waals surface area contributed by atoms with Gasteiger partial charge in [-0.3, -0.25) is 14.7 Å². The molecule has 1 aromatic carbocycles. The summed E-state index contributed by atoms with van der Waals surface area (Å²) in [5.41, 5.74) is 0.597. The van der Waals surface area contributed by atoms with Crippen molar-refractivity contribution in [3.63, 3.8) is 0 Å². The molecule has 4 rings (SSSR count). The lowest BCUT2D eigenvalue weighted by atomic mass is 9.76. The number of pyridine rings is 1. The second-order valence-electron chi connectivity index (χ2n) is 7.86. The van der Waals surface area contributed by atoms with Crippen molar-refractivity contribution in [1.82, 2.24) is 9.88 Å². The molecule has 2 aliphatic heterocycles. The number of fused-ring (bicyclic) bond motifs is 2. The van der Waals surface area contributed by atoms with Crippen molar-refractivity contribution in [2.45, 2.75) is 56.9 Å². The number of Topliss-reactive ketones (excluding diaryl/α,β-unsaturated/α-hetero) is 1. The first kappa shape index (κ1) is 19.1. The Morgan fingerprint density at radius 1 is 1.04 bits per heavy atom. The first-order valence-electron chi connectivity index (χ1n) is 9.79. The van der Waals surface area contributed by atoms with Gasteiger partial charge in [-0.1, -0.05) is 36.8 Å². The van der Waals surface area contributed by atoms with Crippen molar-refractivity contribution in [2.75, 3.05) is 0 Å². The van der Waals surface area contributed by atoms with Crippen molar-refractivity contribution in [1.29, 1.82) is 0 Å². The second-order valence-corrected chi connectivity index (χ2v) is 7.86. The quantitative estimate of drug-likeness (QED) is 0.682. The minimum Gasteiger partial charge on any atom is -0.293 e. The third kappa shape index (κ3) is 3.97. The molecule has 3 heterocycles. The average molecular weight is 388 g/mol. The number of aromatic nitrogens is 1. The molecule has 2 aromatic rings. The van der Waals surface area contributed by atoms with Crippen LogP contribution in [-0.4, -0.2) is 27.8 Å². The van der Waals surface area contributed by atoms with Gasteiger partial charge in [-0.05, 0) is 43.4 Å². The normalized spacial score (nSPS) is 25.5. The molecule has 3 nitrogen and oxygen atoms in total. The predicted octanol–water partition coefficient (Wildman–Crippen LogP) is 5.12. The highest BCUT2D eigenvalue weighted by Crippen LogP contribution is 2.39. The lowest BCUT2D eigenvalue weighted by Gasteiger charge is -2.48.